The summed E-state index contributed by atoms with van der Waals surface area (Å²) in [5.41, 5.74) is 4.25. The van der Waals surface area contributed by atoms with Crippen molar-refractivity contribution in [2.45, 2.75) is 0 Å². The zero-order valence-electron chi connectivity index (χ0n) is 9.69. The minimum atomic E-state index is 0.954. The van der Waals surface area contributed by atoms with Crippen molar-refractivity contribution >= 4 is 0 Å². The number of aromatic nitrogens is 3. The van der Waals surface area contributed by atoms with E-state index in [0.717, 1.165) is 22.4 Å². The highest BCUT2D eigenvalue weighted by Gasteiger charge is 2.00. The molecule has 0 aliphatic heterocycles. The molecule has 0 aliphatic carbocycles. The van der Waals surface area contributed by atoms with Crippen molar-refractivity contribution in [1.29, 1.82) is 0 Å². The molecule has 0 saturated carbocycles. The van der Waals surface area contributed by atoms with E-state index >= 15 is 0 Å². The molecular weight excluding hydrogens is 222 g/mol. The van der Waals surface area contributed by atoms with Gasteiger partial charge in [0.15, 0.2) is 0 Å². The van der Waals surface area contributed by atoms with Crippen LogP contribution in [-0.2, 0) is 0 Å². The van der Waals surface area contributed by atoms with Crippen LogP contribution < -0.4 is 0 Å². The van der Waals surface area contributed by atoms with Gasteiger partial charge in [-0.25, -0.2) is 0 Å². The van der Waals surface area contributed by atoms with E-state index in [4.69, 9.17) is 0 Å². The first-order valence-electron chi connectivity index (χ1n) is 5.70. The van der Waals surface area contributed by atoms with Crippen LogP contribution in [-0.4, -0.2) is 15.0 Å². The average molecular weight is 233 g/mol. The van der Waals surface area contributed by atoms with E-state index in [1.165, 1.54) is 0 Å². The second-order valence-corrected chi connectivity index (χ2v) is 3.90. The monoisotopic (exact) mass is 233 g/mol. The molecule has 3 aromatic rings. The molecule has 3 aromatic heterocycles. The topological polar surface area (TPSA) is 38.7 Å². The molecule has 0 bridgehead atoms. The maximum absolute atomic E-state index is 4.48. The lowest BCUT2D eigenvalue weighted by Gasteiger charge is -2.03. The van der Waals surface area contributed by atoms with Crippen LogP contribution >= 0.6 is 0 Å². The standard InChI is InChI=1S/C15H11N3/c1-2-15(13-5-9-17-10-6-13)18-11-14(1)12-3-7-16-8-4-12/h1-11H. The lowest BCUT2D eigenvalue weighted by atomic mass is 10.1. The van der Waals surface area contributed by atoms with Crippen molar-refractivity contribution in [1.82, 2.24) is 15.0 Å². The number of hydrogen-bond donors (Lipinski definition) is 0. The largest absolute Gasteiger partial charge is 0.265 e. The second kappa shape index (κ2) is 4.75. The van der Waals surface area contributed by atoms with E-state index in [9.17, 15) is 0 Å². The van der Waals surface area contributed by atoms with Gasteiger partial charge in [0, 0.05) is 42.1 Å². The van der Waals surface area contributed by atoms with Gasteiger partial charge in [0.05, 0.1) is 5.69 Å². The number of nitrogens with zero attached hydrogens (tertiary/aromatic N) is 3. The van der Waals surface area contributed by atoms with E-state index in [0.29, 0.717) is 0 Å². The first kappa shape index (κ1) is 10.6. The highest BCUT2D eigenvalue weighted by Crippen LogP contribution is 2.21. The third kappa shape index (κ3) is 2.11. The van der Waals surface area contributed by atoms with Gasteiger partial charge in [-0.15, -0.1) is 0 Å². The summed E-state index contributed by atoms with van der Waals surface area (Å²) in [6, 6.07) is 11.9. The molecule has 0 saturated heterocycles. The van der Waals surface area contributed by atoms with Gasteiger partial charge in [0.2, 0.25) is 0 Å². The third-order valence-corrected chi connectivity index (χ3v) is 2.75. The summed E-state index contributed by atoms with van der Waals surface area (Å²) < 4.78 is 0. The predicted molar refractivity (Wildman–Crippen MR) is 70.7 cm³/mol. The maximum Gasteiger partial charge on any atom is 0.0703 e. The van der Waals surface area contributed by atoms with E-state index in [2.05, 4.69) is 21.0 Å². The smallest absolute Gasteiger partial charge is 0.0703 e. The van der Waals surface area contributed by atoms with Crippen molar-refractivity contribution in [3.05, 3.63) is 67.4 Å². The van der Waals surface area contributed by atoms with Crippen molar-refractivity contribution in [3.63, 3.8) is 0 Å². The van der Waals surface area contributed by atoms with Crippen LogP contribution in [0.3, 0.4) is 0 Å². The Morgan fingerprint density at radius 2 is 1.17 bits per heavy atom. The zero-order chi connectivity index (χ0) is 12.2. The molecule has 0 amide bonds. The third-order valence-electron chi connectivity index (χ3n) is 2.75. The van der Waals surface area contributed by atoms with Gasteiger partial charge in [0.25, 0.3) is 0 Å². The normalized spacial score (nSPS) is 10.2. The minimum absolute atomic E-state index is 0.954. The summed E-state index contributed by atoms with van der Waals surface area (Å²) >= 11 is 0. The quantitative estimate of drug-likeness (QED) is 0.682. The maximum atomic E-state index is 4.48. The molecular formula is C15H11N3. The summed E-state index contributed by atoms with van der Waals surface area (Å²) in [6.45, 7) is 0. The fourth-order valence-electron chi connectivity index (χ4n) is 1.80. The Kier molecular flexibility index (Phi) is 2.80. The van der Waals surface area contributed by atoms with Crippen molar-refractivity contribution in [2.75, 3.05) is 0 Å². The average Bonchev–Trinajstić information content (AvgIpc) is 2.49. The lowest BCUT2D eigenvalue weighted by Crippen LogP contribution is -1.85. The van der Waals surface area contributed by atoms with Gasteiger partial charge in [-0.1, -0.05) is 6.07 Å². The Bertz CT molecular complexity index is 560. The summed E-state index contributed by atoms with van der Waals surface area (Å²) in [4.78, 5) is 12.5. The Morgan fingerprint density at radius 1 is 0.556 bits per heavy atom. The molecule has 0 radical (unpaired) electrons. The van der Waals surface area contributed by atoms with Crippen LogP contribution in [0.2, 0.25) is 0 Å². The minimum Gasteiger partial charge on any atom is -0.265 e. The molecule has 86 valence electrons. The molecule has 18 heavy (non-hydrogen) atoms. The van der Waals surface area contributed by atoms with E-state index < -0.39 is 0 Å². The summed E-state index contributed by atoms with van der Waals surface area (Å²) in [6.07, 6.45) is 8.99. The van der Waals surface area contributed by atoms with Crippen molar-refractivity contribution in [2.24, 2.45) is 0 Å². The Hall–Kier alpha value is -2.55. The molecule has 0 aliphatic rings. The van der Waals surface area contributed by atoms with Crippen LogP contribution in [0.15, 0.2) is 67.4 Å². The second-order valence-electron chi connectivity index (χ2n) is 3.90. The van der Waals surface area contributed by atoms with Crippen LogP contribution in [0.4, 0.5) is 0 Å². The SMILES string of the molecule is c1cc(-c2ccc(-c3ccncc3)nc2)ccn1. The zero-order valence-corrected chi connectivity index (χ0v) is 9.69. The van der Waals surface area contributed by atoms with Crippen molar-refractivity contribution in [3.8, 4) is 22.4 Å². The lowest BCUT2D eigenvalue weighted by molar-refractivity contribution is 1.28. The number of pyridine rings is 3. The molecule has 0 fully saturated rings. The van der Waals surface area contributed by atoms with E-state index in [1.54, 1.807) is 24.8 Å². The van der Waals surface area contributed by atoms with Gasteiger partial charge in [-0.05, 0) is 35.9 Å². The molecule has 0 atom stereocenters. The molecule has 0 unspecified atom stereocenters. The van der Waals surface area contributed by atoms with Gasteiger partial charge in [-0.2, -0.15) is 0 Å². The molecule has 3 heteroatoms. The Balaban J connectivity index is 1.95. The summed E-state index contributed by atoms with van der Waals surface area (Å²) in [5.74, 6) is 0. The molecule has 0 aromatic carbocycles. The van der Waals surface area contributed by atoms with Gasteiger partial charge < -0.3 is 0 Å². The first-order chi connectivity index (χ1) is 8.93. The molecule has 3 heterocycles. The first-order valence-corrected chi connectivity index (χ1v) is 5.70. The van der Waals surface area contributed by atoms with E-state index in [-0.39, 0.29) is 0 Å². The number of hydrogen-bond acceptors (Lipinski definition) is 3. The Labute approximate surface area is 105 Å². The summed E-state index contributed by atoms with van der Waals surface area (Å²) in [7, 11) is 0. The predicted octanol–water partition coefficient (Wildman–Crippen LogP) is 3.21. The molecule has 0 N–H and O–H groups in total. The van der Waals surface area contributed by atoms with E-state index in [1.807, 2.05) is 36.5 Å². The fraction of sp³-hybridized carbons (Fsp3) is 0. The molecule has 3 nitrogen and oxygen atoms in total. The van der Waals surface area contributed by atoms with Crippen LogP contribution in [0, 0.1) is 0 Å². The van der Waals surface area contributed by atoms with Crippen molar-refractivity contribution < 1.29 is 0 Å². The van der Waals surface area contributed by atoms with Gasteiger partial charge in [0.1, 0.15) is 0 Å². The number of rotatable bonds is 2. The fourth-order valence-corrected chi connectivity index (χ4v) is 1.80. The van der Waals surface area contributed by atoms with Crippen LogP contribution in [0.5, 0.6) is 0 Å². The van der Waals surface area contributed by atoms with Crippen LogP contribution in [0.25, 0.3) is 22.4 Å². The Morgan fingerprint density at radius 3 is 1.72 bits per heavy atom. The van der Waals surface area contributed by atoms with Gasteiger partial charge in [-0.3, -0.25) is 15.0 Å². The molecule has 0 spiro atoms. The highest BCUT2D eigenvalue weighted by molar-refractivity contribution is 5.66. The van der Waals surface area contributed by atoms with Gasteiger partial charge >= 0.3 is 0 Å². The molecule has 3 rings (SSSR count). The summed E-state index contributed by atoms with van der Waals surface area (Å²) in [5, 5.41) is 0. The highest BCUT2D eigenvalue weighted by atomic mass is 14.7. The van der Waals surface area contributed by atoms with Crippen LogP contribution in [0.1, 0.15) is 0 Å².